The highest BCUT2D eigenvalue weighted by Crippen LogP contribution is 2.33. The summed E-state index contributed by atoms with van der Waals surface area (Å²) in [6.45, 7) is 7.58. The molecule has 0 radical (unpaired) electrons. The summed E-state index contributed by atoms with van der Waals surface area (Å²) in [5.74, 6) is -0.567. The summed E-state index contributed by atoms with van der Waals surface area (Å²) >= 11 is 1.69. The third-order valence-corrected chi connectivity index (χ3v) is 4.37. The van der Waals surface area contributed by atoms with E-state index in [1.807, 2.05) is 20.8 Å². The lowest BCUT2D eigenvalue weighted by Gasteiger charge is -2.16. The normalized spacial score (nSPS) is 12.2. The maximum atomic E-state index is 13.5. The number of hydrogen-bond donors (Lipinski definition) is 1. The quantitative estimate of drug-likeness (QED) is 0.646. The molecule has 0 bridgehead atoms. The molecular weight excluding hydrogens is 291 g/mol. The van der Waals surface area contributed by atoms with Gasteiger partial charge in [0.05, 0.1) is 11.0 Å². The van der Waals surface area contributed by atoms with Crippen LogP contribution in [-0.2, 0) is 0 Å². The lowest BCUT2D eigenvalue weighted by atomic mass is 10.1. The molecule has 1 aromatic heterocycles. The van der Waals surface area contributed by atoms with Crippen LogP contribution >= 0.6 is 11.3 Å². The number of nitrogens with zero attached hydrogens (tertiary/aromatic N) is 1. The second kappa shape index (κ2) is 5.81. The number of anilines is 1. The Kier molecular flexibility index (Phi) is 4.27. The van der Waals surface area contributed by atoms with Gasteiger partial charge in [-0.3, -0.25) is 10.1 Å². The molecule has 2 aromatic rings. The lowest BCUT2D eigenvalue weighted by molar-refractivity contribution is -0.384. The first-order valence-corrected chi connectivity index (χ1v) is 7.39. The fraction of sp³-hybridized carbons (Fsp3) is 0.333. The Bertz CT molecular complexity index is 697. The molecule has 0 amide bonds. The summed E-state index contributed by atoms with van der Waals surface area (Å²) in [7, 11) is 0. The summed E-state index contributed by atoms with van der Waals surface area (Å²) in [6, 6.07) is 4.44. The maximum absolute atomic E-state index is 13.5. The average molecular weight is 308 g/mol. The van der Waals surface area contributed by atoms with Crippen molar-refractivity contribution in [2.24, 2.45) is 0 Å². The Morgan fingerprint density at radius 3 is 2.48 bits per heavy atom. The number of thiophene rings is 1. The third-order valence-electron chi connectivity index (χ3n) is 3.39. The molecule has 6 heteroatoms. The predicted molar refractivity (Wildman–Crippen MR) is 83.6 cm³/mol. The van der Waals surface area contributed by atoms with E-state index < -0.39 is 10.7 Å². The molecule has 0 fully saturated rings. The van der Waals surface area contributed by atoms with Crippen molar-refractivity contribution in [3.05, 3.63) is 55.0 Å². The molecule has 0 saturated heterocycles. The maximum Gasteiger partial charge on any atom is 0.295 e. The largest absolute Gasteiger partial charge is 0.373 e. The Labute approximate surface area is 126 Å². The smallest absolute Gasteiger partial charge is 0.295 e. The summed E-state index contributed by atoms with van der Waals surface area (Å²) in [6.07, 6.45) is 0. The predicted octanol–water partition coefficient (Wildman–Crippen LogP) is 4.89. The number of nitro groups is 1. The first kappa shape index (κ1) is 15.4. The van der Waals surface area contributed by atoms with E-state index in [0.29, 0.717) is 11.3 Å². The van der Waals surface area contributed by atoms with Gasteiger partial charge in [0.1, 0.15) is 11.5 Å². The van der Waals surface area contributed by atoms with Gasteiger partial charge < -0.3 is 5.32 Å². The Morgan fingerprint density at radius 1 is 1.29 bits per heavy atom. The highest BCUT2D eigenvalue weighted by molar-refractivity contribution is 7.12. The lowest BCUT2D eigenvalue weighted by Crippen LogP contribution is -2.09. The first-order chi connectivity index (χ1) is 9.79. The molecule has 2 rings (SSSR count). The fourth-order valence-electron chi connectivity index (χ4n) is 2.33. The van der Waals surface area contributed by atoms with E-state index in [1.54, 1.807) is 18.3 Å². The van der Waals surface area contributed by atoms with Crippen LogP contribution in [0.4, 0.5) is 15.8 Å². The topological polar surface area (TPSA) is 55.2 Å². The highest BCUT2D eigenvalue weighted by atomic mass is 32.1. The zero-order valence-electron chi connectivity index (χ0n) is 12.4. The van der Waals surface area contributed by atoms with Crippen LogP contribution in [0.3, 0.4) is 0 Å². The molecule has 0 saturated carbocycles. The SMILES string of the molecule is Cc1cc(C(C)Nc2cc(C)c(F)cc2[N+](=O)[O-])c(C)s1. The number of benzene rings is 1. The molecule has 0 aliphatic rings. The second-order valence-corrected chi connectivity index (χ2v) is 6.57. The van der Waals surface area contributed by atoms with Crippen molar-refractivity contribution < 1.29 is 9.31 Å². The molecule has 1 aromatic carbocycles. The molecule has 1 heterocycles. The van der Waals surface area contributed by atoms with Gasteiger partial charge in [-0.2, -0.15) is 0 Å². The first-order valence-electron chi connectivity index (χ1n) is 6.57. The van der Waals surface area contributed by atoms with Gasteiger partial charge in [0.2, 0.25) is 0 Å². The molecule has 0 aliphatic carbocycles. The number of nitro benzene ring substituents is 1. The number of aryl methyl sites for hydroxylation is 3. The van der Waals surface area contributed by atoms with Crippen molar-refractivity contribution in [3.63, 3.8) is 0 Å². The van der Waals surface area contributed by atoms with Crippen LogP contribution in [-0.4, -0.2) is 4.92 Å². The van der Waals surface area contributed by atoms with Gasteiger partial charge in [-0.1, -0.05) is 0 Å². The third kappa shape index (κ3) is 3.21. The summed E-state index contributed by atoms with van der Waals surface area (Å²) in [5.41, 5.74) is 1.59. The van der Waals surface area contributed by atoms with Gasteiger partial charge in [-0.05, 0) is 51.0 Å². The number of nitrogens with one attached hydrogen (secondary N) is 1. The molecule has 1 unspecified atom stereocenters. The average Bonchev–Trinajstić information content (AvgIpc) is 2.72. The Balaban J connectivity index is 2.36. The minimum Gasteiger partial charge on any atom is -0.373 e. The molecule has 1 N–H and O–H groups in total. The Hall–Kier alpha value is -1.95. The van der Waals surface area contributed by atoms with Gasteiger partial charge in [0.15, 0.2) is 0 Å². The van der Waals surface area contributed by atoms with Gasteiger partial charge >= 0.3 is 0 Å². The Morgan fingerprint density at radius 2 is 1.95 bits per heavy atom. The summed E-state index contributed by atoms with van der Waals surface area (Å²) in [5, 5.41) is 14.2. The van der Waals surface area contributed by atoms with Crippen LogP contribution in [0.15, 0.2) is 18.2 Å². The van der Waals surface area contributed by atoms with E-state index in [0.717, 1.165) is 11.6 Å². The van der Waals surface area contributed by atoms with Crippen LogP contribution in [0.5, 0.6) is 0 Å². The van der Waals surface area contributed by atoms with E-state index in [-0.39, 0.29) is 11.7 Å². The molecule has 4 nitrogen and oxygen atoms in total. The highest BCUT2D eigenvalue weighted by Gasteiger charge is 2.20. The van der Waals surface area contributed by atoms with Crippen molar-refractivity contribution in [1.29, 1.82) is 0 Å². The number of hydrogen-bond acceptors (Lipinski definition) is 4. The molecule has 112 valence electrons. The van der Waals surface area contributed by atoms with Gasteiger partial charge in [-0.15, -0.1) is 11.3 Å². The van der Waals surface area contributed by atoms with E-state index >= 15 is 0 Å². The molecule has 1 atom stereocenters. The number of halogens is 1. The number of rotatable bonds is 4. The van der Waals surface area contributed by atoms with Crippen LogP contribution in [0.1, 0.15) is 33.8 Å². The van der Waals surface area contributed by atoms with Crippen LogP contribution < -0.4 is 5.32 Å². The second-order valence-electron chi connectivity index (χ2n) is 5.11. The van der Waals surface area contributed by atoms with Gasteiger partial charge in [0.25, 0.3) is 5.69 Å². The van der Waals surface area contributed by atoms with E-state index in [2.05, 4.69) is 11.4 Å². The fourth-order valence-corrected chi connectivity index (χ4v) is 3.35. The summed E-state index contributed by atoms with van der Waals surface area (Å²) < 4.78 is 13.5. The van der Waals surface area contributed by atoms with Crippen molar-refractivity contribution >= 4 is 22.7 Å². The van der Waals surface area contributed by atoms with Crippen LogP contribution in [0.2, 0.25) is 0 Å². The molecule has 21 heavy (non-hydrogen) atoms. The van der Waals surface area contributed by atoms with Crippen LogP contribution in [0.25, 0.3) is 0 Å². The van der Waals surface area contributed by atoms with Crippen molar-refractivity contribution in [2.45, 2.75) is 33.7 Å². The zero-order valence-corrected chi connectivity index (χ0v) is 13.2. The molecule has 0 aliphatic heterocycles. The van der Waals surface area contributed by atoms with Crippen molar-refractivity contribution in [2.75, 3.05) is 5.32 Å². The standard InChI is InChI=1S/C15H17FN2O2S/c1-8-5-14(15(18(19)20)7-13(8)16)17-10(3)12-6-9(2)21-11(12)4/h5-7,10,17H,1-4H3. The minimum absolute atomic E-state index is 0.0847. The molecule has 0 spiro atoms. The van der Waals surface area contributed by atoms with Gasteiger partial charge in [-0.25, -0.2) is 4.39 Å². The van der Waals surface area contributed by atoms with E-state index in [1.165, 1.54) is 15.8 Å². The van der Waals surface area contributed by atoms with E-state index in [4.69, 9.17) is 0 Å². The van der Waals surface area contributed by atoms with E-state index in [9.17, 15) is 14.5 Å². The minimum atomic E-state index is -0.567. The van der Waals surface area contributed by atoms with Crippen molar-refractivity contribution in [3.8, 4) is 0 Å². The van der Waals surface area contributed by atoms with Crippen molar-refractivity contribution in [1.82, 2.24) is 0 Å². The monoisotopic (exact) mass is 308 g/mol. The van der Waals surface area contributed by atoms with Crippen LogP contribution in [0, 0.1) is 36.7 Å². The molecular formula is C15H17FN2O2S. The van der Waals surface area contributed by atoms with Gasteiger partial charge in [0, 0.05) is 15.8 Å². The summed E-state index contributed by atoms with van der Waals surface area (Å²) in [4.78, 5) is 12.9. The zero-order chi connectivity index (χ0) is 15.7.